The first-order chi connectivity index (χ1) is 11.5. The molecule has 1 aromatic heterocycles. The van der Waals surface area contributed by atoms with Crippen LogP contribution in [0.4, 0.5) is 5.69 Å². The fraction of sp³-hybridized carbons (Fsp3) is 0.250. The molecule has 0 unspecified atom stereocenters. The summed E-state index contributed by atoms with van der Waals surface area (Å²) in [6.45, 7) is 0.120. The molecule has 0 atom stereocenters. The van der Waals surface area contributed by atoms with E-state index in [1.54, 1.807) is 12.1 Å². The average molecular weight is 350 g/mol. The summed E-state index contributed by atoms with van der Waals surface area (Å²) in [4.78, 5) is 16.3. The molecule has 7 nitrogen and oxygen atoms in total. The van der Waals surface area contributed by atoms with Gasteiger partial charge < -0.3 is 14.8 Å². The Hall–Kier alpha value is -2.45. The molecule has 24 heavy (non-hydrogen) atoms. The second-order valence-electron chi connectivity index (χ2n) is 4.88. The maximum Gasteiger partial charge on any atom is 0.255 e. The molecule has 0 bridgehead atoms. The summed E-state index contributed by atoms with van der Waals surface area (Å²) in [5.41, 5.74) is 0.856. The summed E-state index contributed by atoms with van der Waals surface area (Å²) in [5.74, 6) is -0.0200. The van der Waals surface area contributed by atoms with E-state index >= 15 is 0 Å². The van der Waals surface area contributed by atoms with Gasteiger partial charge in [-0.2, -0.15) is 0 Å². The molecule has 0 saturated carbocycles. The molecule has 0 saturated heterocycles. The average Bonchev–Trinajstić information content (AvgIpc) is 2.60. The van der Waals surface area contributed by atoms with Gasteiger partial charge in [0.05, 0.1) is 36.2 Å². The van der Waals surface area contributed by atoms with Crippen LogP contribution in [0.5, 0.6) is 5.88 Å². The number of methoxy groups -OCH3 is 2. The summed E-state index contributed by atoms with van der Waals surface area (Å²) < 4.78 is 33.8. The van der Waals surface area contributed by atoms with Crippen LogP contribution >= 0.6 is 0 Å². The number of ether oxygens (including phenoxy) is 2. The first kappa shape index (κ1) is 17.9. The molecular formula is C16H18N2O5S. The van der Waals surface area contributed by atoms with Crippen LogP contribution in [0.25, 0.3) is 0 Å². The highest BCUT2D eigenvalue weighted by atomic mass is 32.2. The molecule has 8 heteroatoms. The molecule has 0 fully saturated rings. The minimum absolute atomic E-state index is 0.105. The molecule has 1 heterocycles. The SMILES string of the molecule is COCCS(=O)(=O)c1ccc(C(=O)Nc2ccc(OC)nc2)cc1. The van der Waals surface area contributed by atoms with E-state index < -0.39 is 9.84 Å². The van der Waals surface area contributed by atoms with Gasteiger partial charge in [-0.25, -0.2) is 13.4 Å². The van der Waals surface area contributed by atoms with E-state index in [-0.39, 0.29) is 23.2 Å². The lowest BCUT2D eigenvalue weighted by molar-refractivity contribution is 0.102. The number of anilines is 1. The summed E-state index contributed by atoms with van der Waals surface area (Å²) in [6, 6.07) is 9.03. The Labute approximate surface area is 140 Å². The highest BCUT2D eigenvalue weighted by Gasteiger charge is 2.15. The second kappa shape index (κ2) is 7.89. The van der Waals surface area contributed by atoms with Gasteiger partial charge in [-0.1, -0.05) is 0 Å². The molecule has 1 N–H and O–H groups in total. The van der Waals surface area contributed by atoms with E-state index in [0.29, 0.717) is 17.1 Å². The van der Waals surface area contributed by atoms with E-state index in [4.69, 9.17) is 9.47 Å². The summed E-state index contributed by atoms with van der Waals surface area (Å²) in [5, 5.41) is 2.68. The Morgan fingerprint density at radius 3 is 2.38 bits per heavy atom. The van der Waals surface area contributed by atoms with Crippen LogP contribution in [-0.4, -0.2) is 45.9 Å². The number of rotatable bonds is 7. The fourth-order valence-corrected chi connectivity index (χ4v) is 3.08. The van der Waals surface area contributed by atoms with Gasteiger partial charge in [0.1, 0.15) is 0 Å². The number of benzene rings is 1. The van der Waals surface area contributed by atoms with Gasteiger partial charge >= 0.3 is 0 Å². The Kier molecular flexibility index (Phi) is 5.88. The maximum absolute atomic E-state index is 12.2. The van der Waals surface area contributed by atoms with E-state index in [0.717, 1.165) is 0 Å². The van der Waals surface area contributed by atoms with Crippen LogP contribution in [-0.2, 0) is 14.6 Å². The zero-order valence-electron chi connectivity index (χ0n) is 13.4. The zero-order chi connectivity index (χ0) is 17.6. The molecule has 0 radical (unpaired) electrons. The predicted octanol–water partition coefficient (Wildman–Crippen LogP) is 1.76. The van der Waals surface area contributed by atoms with Crippen LogP contribution < -0.4 is 10.1 Å². The number of hydrogen-bond donors (Lipinski definition) is 1. The summed E-state index contributed by atoms with van der Waals surface area (Å²) in [6.07, 6.45) is 1.47. The van der Waals surface area contributed by atoms with Crippen LogP contribution in [0, 0.1) is 0 Å². The van der Waals surface area contributed by atoms with Gasteiger partial charge in [0.25, 0.3) is 5.91 Å². The summed E-state index contributed by atoms with van der Waals surface area (Å²) in [7, 11) is -0.468. The number of hydrogen-bond acceptors (Lipinski definition) is 6. The normalized spacial score (nSPS) is 11.1. The quantitative estimate of drug-likeness (QED) is 0.818. The number of nitrogens with zero attached hydrogens (tertiary/aromatic N) is 1. The third-order valence-corrected chi connectivity index (χ3v) is 4.93. The minimum atomic E-state index is -3.41. The molecule has 1 amide bonds. The highest BCUT2D eigenvalue weighted by molar-refractivity contribution is 7.91. The van der Waals surface area contributed by atoms with Crippen LogP contribution in [0.15, 0.2) is 47.5 Å². The van der Waals surface area contributed by atoms with Crippen molar-refractivity contribution in [2.24, 2.45) is 0 Å². The van der Waals surface area contributed by atoms with Gasteiger partial charge in [-0.05, 0) is 30.3 Å². The van der Waals surface area contributed by atoms with Crippen molar-refractivity contribution in [3.8, 4) is 5.88 Å². The number of carbonyl (C=O) groups excluding carboxylic acids is 1. The molecule has 1 aromatic carbocycles. The lowest BCUT2D eigenvalue weighted by Crippen LogP contribution is -2.14. The van der Waals surface area contributed by atoms with Crippen molar-refractivity contribution in [2.75, 3.05) is 31.9 Å². The molecule has 2 aromatic rings. The fourth-order valence-electron chi connectivity index (χ4n) is 1.90. The number of carbonyl (C=O) groups is 1. The van der Waals surface area contributed by atoms with Gasteiger partial charge in [-0.3, -0.25) is 4.79 Å². The Balaban J connectivity index is 2.07. The van der Waals surface area contributed by atoms with Gasteiger partial charge in [0, 0.05) is 18.7 Å². The van der Waals surface area contributed by atoms with Crippen molar-refractivity contribution in [2.45, 2.75) is 4.90 Å². The highest BCUT2D eigenvalue weighted by Crippen LogP contribution is 2.15. The van der Waals surface area contributed by atoms with Crippen LogP contribution in [0.3, 0.4) is 0 Å². The zero-order valence-corrected chi connectivity index (χ0v) is 14.2. The largest absolute Gasteiger partial charge is 0.481 e. The third kappa shape index (κ3) is 4.53. The third-order valence-electron chi connectivity index (χ3n) is 3.24. The van der Waals surface area contributed by atoms with E-state index in [1.165, 1.54) is 44.7 Å². The monoisotopic (exact) mass is 350 g/mol. The molecular weight excluding hydrogens is 332 g/mol. The van der Waals surface area contributed by atoms with Crippen LogP contribution in [0.1, 0.15) is 10.4 Å². The van der Waals surface area contributed by atoms with Crippen molar-refractivity contribution in [1.82, 2.24) is 4.98 Å². The van der Waals surface area contributed by atoms with E-state index in [9.17, 15) is 13.2 Å². The number of pyridine rings is 1. The topological polar surface area (TPSA) is 94.6 Å². The van der Waals surface area contributed by atoms with Crippen molar-refractivity contribution in [3.63, 3.8) is 0 Å². The number of sulfone groups is 1. The van der Waals surface area contributed by atoms with E-state index in [1.807, 2.05) is 0 Å². The van der Waals surface area contributed by atoms with Crippen molar-refractivity contribution >= 4 is 21.4 Å². The predicted molar refractivity (Wildman–Crippen MR) is 89.1 cm³/mol. The molecule has 0 spiro atoms. The van der Waals surface area contributed by atoms with Crippen molar-refractivity contribution < 1.29 is 22.7 Å². The standard InChI is InChI=1S/C16H18N2O5S/c1-22-9-10-24(20,21)14-6-3-12(4-7-14)16(19)18-13-5-8-15(23-2)17-11-13/h3-8,11H,9-10H2,1-2H3,(H,18,19). The maximum atomic E-state index is 12.2. The van der Waals surface area contributed by atoms with Crippen molar-refractivity contribution in [3.05, 3.63) is 48.2 Å². The number of nitrogens with one attached hydrogen (secondary N) is 1. The molecule has 0 aliphatic carbocycles. The molecule has 2 rings (SSSR count). The van der Waals surface area contributed by atoms with Gasteiger partial charge in [-0.15, -0.1) is 0 Å². The molecule has 128 valence electrons. The minimum Gasteiger partial charge on any atom is -0.481 e. The Morgan fingerprint density at radius 2 is 1.83 bits per heavy atom. The first-order valence-electron chi connectivity index (χ1n) is 7.09. The lowest BCUT2D eigenvalue weighted by atomic mass is 10.2. The van der Waals surface area contributed by atoms with Crippen molar-refractivity contribution in [1.29, 1.82) is 0 Å². The Bertz CT molecular complexity index is 786. The first-order valence-corrected chi connectivity index (χ1v) is 8.74. The van der Waals surface area contributed by atoms with Crippen LogP contribution in [0.2, 0.25) is 0 Å². The molecule has 0 aliphatic heterocycles. The lowest BCUT2D eigenvalue weighted by Gasteiger charge is -2.07. The number of aromatic nitrogens is 1. The van der Waals surface area contributed by atoms with Gasteiger partial charge in [0.2, 0.25) is 5.88 Å². The smallest absolute Gasteiger partial charge is 0.255 e. The number of amides is 1. The molecule has 0 aliphatic rings. The Morgan fingerprint density at radius 1 is 1.12 bits per heavy atom. The second-order valence-corrected chi connectivity index (χ2v) is 6.99. The van der Waals surface area contributed by atoms with E-state index in [2.05, 4.69) is 10.3 Å². The summed E-state index contributed by atoms with van der Waals surface area (Å²) >= 11 is 0. The van der Waals surface area contributed by atoms with Gasteiger partial charge in [0.15, 0.2) is 9.84 Å².